The predicted octanol–water partition coefficient (Wildman–Crippen LogP) is 0.129. The van der Waals surface area contributed by atoms with E-state index in [1.54, 1.807) is 6.92 Å². The number of rotatable bonds is 7. The highest BCUT2D eigenvalue weighted by atomic mass is 16.7. The normalized spacial score (nSPS) is 16.0. The molecule has 0 amide bonds. The first-order valence-corrected chi connectivity index (χ1v) is 4.22. The van der Waals surface area contributed by atoms with Crippen LogP contribution in [0.2, 0.25) is 0 Å². The fourth-order valence-electron chi connectivity index (χ4n) is 0.631. The van der Waals surface area contributed by atoms with Crippen molar-refractivity contribution in [2.75, 3.05) is 19.8 Å². The summed E-state index contributed by atoms with van der Waals surface area (Å²) in [4.78, 5) is 0. The lowest BCUT2D eigenvalue weighted by Crippen LogP contribution is -2.24. The Bertz CT molecular complexity index is 97.1. The summed E-state index contributed by atoms with van der Waals surface area (Å²) in [5.41, 5.74) is 0. The van der Waals surface area contributed by atoms with E-state index in [1.165, 1.54) is 0 Å². The molecule has 0 heterocycles. The highest BCUT2D eigenvalue weighted by molar-refractivity contribution is 4.48. The van der Waals surface area contributed by atoms with Crippen LogP contribution in [-0.4, -0.2) is 42.4 Å². The molecule has 0 aromatic rings. The minimum absolute atomic E-state index is 0.112. The first kappa shape index (κ1) is 11.8. The molecular formula is C8H18O4. The highest BCUT2D eigenvalue weighted by Crippen LogP contribution is 1.96. The molecule has 2 N–H and O–H groups in total. The van der Waals surface area contributed by atoms with Gasteiger partial charge in [-0.3, -0.25) is 0 Å². The average Bonchev–Trinajstić information content (AvgIpc) is 2.10. The summed E-state index contributed by atoms with van der Waals surface area (Å²) in [5, 5.41) is 17.4. The monoisotopic (exact) mass is 178 g/mol. The molecule has 0 fully saturated rings. The zero-order valence-corrected chi connectivity index (χ0v) is 7.69. The van der Waals surface area contributed by atoms with Crippen LogP contribution in [0.5, 0.6) is 0 Å². The topological polar surface area (TPSA) is 58.9 Å². The lowest BCUT2D eigenvalue weighted by atomic mass is 10.4. The highest BCUT2D eigenvalue weighted by Gasteiger charge is 2.05. The molecule has 0 radical (unpaired) electrons. The van der Waals surface area contributed by atoms with Gasteiger partial charge in [-0.2, -0.15) is 0 Å². The van der Waals surface area contributed by atoms with Gasteiger partial charge in [0, 0.05) is 6.61 Å². The zero-order chi connectivity index (χ0) is 9.40. The van der Waals surface area contributed by atoms with E-state index in [0.717, 1.165) is 6.42 Å². The molecule has 0 saturated carbocycles. The van der Waals surface area contributed by atoms with Crippen LogP contribution in [0.15, 0.2) is 0 Å². The van der Waals surface area contributed by atoms with Crippen molar-refractivity contribution in [3.8, 4) is 0 Å². The van der Waals surface area contributed by atoms with Crippen LogP contribution in [0, 0.1) is 0 Å². The predicted molar refractivity (Wildman–Crippen MR) is 44.7 cm³/mol. The first-order chi connectivity index (χ1) is 5.70. The van der Waals surface area contributed by atoms with E-state index in [2.05, 4.69) is 0 Å². The fourth-order valence-corrected chi connectivity index (χ4v) is 0.631. The van der Waals surface area contributed by atoms with Crippen molar-refractivity contribution in [2.45, 2.75) is 32.7 Å². The molecule has 0 aliphatic rings. The molecule has 0 bridgehead atoms. The Labute approximate surface area is 73.1 Å². The van der Waals surface area contributed by atoms with E-state index < -0.39 is 6.10 Å². The second kappa shape index (κ2) is 7.49. The van der Waals surface area contributed by atoms with Crippen LogP contribution in [0.1, 0.15) is 20.3 Å². The fraction of sp³-hybridized carbons (Fsp3) is 1.00. The molecule has 4 heteroatoms. The number of aliphatic hydroxyl groups excluding tert-OH is 2. The minimum Gasteiger partial charge on any atom is -0.394 e. The van der Waals surface area contributed by atoms with Gasteiger partial charge in [-0.25, -0.2) is 0 Å². The maximum atomic E-state index is 8.90. The molecule has 2 unspecified atom stereocenters. The summed E-state index contributed by atoms with van der Waals surface area (Å²) in [7, 11) is 0. The molecule has 0 aliphatic carbocycles. The van der Waals surface area contributed by atoms with E-state index in [9.17, 15) is 0 Å². The number of hydrogen-bond donors (Lipinski definition) is 2. The molecule has 4 nitrogen and oxygen atoms in total. The van der Waals surface area contributed by atoms with Gasteiger partial charge in [0.05, 0.1) is 13.2 Å². The van der Waals surface area contributed by atoms with Crippen molar-refractivity contribution in [2.24, 2.45) is 0 Å². The zero-order valence-electron chi connectivity index (χ0n) is 7.69. The van der Waals surface area contributed by atoms with Crippen LogP contribution >= 0.6 is 0 Å². The maximum absolute atomic E-state index is 8.90. The Morgan fingerprint density at radius 1 is 1.33 bits per heavy atom. The lowest BCUT2D eigenvalue weighted by molar-refractivity contribution is -0.149. The first-order valence-electron chi connectivity index (χ1n) is 4.22. The summed E-state index contributed by atoms with van der Waals surface area (Å²) >= 11 is 0. The van der Waals surface area contributed by atoms with Gasteiger partial charge >= 0.3 is 0 Å². The van der Waals surface area contributed by atoms with Gasteiger partial charge in [0.25, 0.3) is 0 Å². The van der Waals surface area contributed by atoms with Crippen LogP contribution in [0.4, 0.5) is 0 Å². The quantitative estimate of drug-likeness (QED) is 0.544. The van der Waals surface area contributed by atoms with E-state index >= 15 is 0 Å². The van der Waals surface area contributed by atoms with Gasteiger partial charge in [-0.1, -0.05) is 6.92 Å². The Morgan fingerprint density at radius 3 is 2.50 bits per heavy atom. The summed E-state index contributed by atoms with van der Waals surface area (Å²) in [6, 6.07) is 0. The average molecular weight is 178 g/mol. The number of ether oxygens (including phenoxy) is 2. The van der Waals surface area contributed by atoms with E-state index in [0.29, 0.717) is 6.61 Å². The van der Waals surface area contributed by atoms with Gasteiger partial charge in [-0.05, 0) is 13.3 Å². The summed E-state index contributed by atoms with van der Waals surface area (Å²) in [6.45, 7) is 4.26. The van der Waals surface area contributed by atoms with Crippen LogP contribution in [0.25, 0.3) is 0 Å². The lowest BCUT2D eigenvalue weighted by Gasteiger charge is -2.15. The van der Waals surface area contributed by atoms with Crippen LogP contribution < -0.4 is 0 Å². The third-order valence-corrected chi connectivity index (χ3v) is 1.29. The molecular weight excluding hydrogens is 160 g/mol. The standard InChI is InChI=1S/C8H18O4/c1-3-4-11-7(2)12-6-8(10)5-9/h7-10H,3-6H2,1-2H3. The molecule has 12 heavy (non-hydrogen) atoms. The Morgan fingerprint density at radius 2 is 2.00 bits per heavy atom. The second-order valence-corrected chi connectivity index (χ2v) is 2.61. The molecule has 74 valence electrons. The summed E-state index contributed by atoms with van der Waals surface area (Å²) in [5.74, 6) is 0. The van der Waals surface area contributed by atoms with Gasteiger partial charge in [0.1, 0.15) is 6.10 Å². The smallest absolute Gasteiger partial charge is 0.154 e. The minimum atomic E-state index is -0.808. The molecule has 0 saturated heterocycles. The molecule has 0 spiro atoms. The van der Waals surface area contributed by atoms with Crippen LogP contribution in [-0.2, 0) is 9.47 Å². The third kappa shape index (κ3) is 6.54. The molecule has 0 aliphatic heterocycles. The molecule has 2 atom stereocenters. The van der Waals surface area contributed by atoms with E-state index in [-0.39, 0.29) is 19.5 Å². The Hall–Kier alpha value is -0.160. The molecule has 0 aromatic carbocycles. The molecule has 0 rings (SSSR count). The van der Waals surface area contributed by atoms with Crippen molar-refractivity contribution in [1.29, 1.82) is 0 Å². The number of hydrogen-bond acceptors (Lipinski definition) is 4. The third-order valence-electron chi connectivity index (χ3n) is 1.29. The van der Waals surface area contributed by atoms with E-state index in [4.69, 9.17) is 19.7 Å². The Kier molecular flexibility index (Phi) is 7.39. The van der Waals surface area contributed by atoms with Crippen molar-refractivity contribution in [3.63, 3.8) is 0 Å². The van der Waals surface area contributed by atoms with Crippen molar-refractivity contribution < 1.29 is 19.7 Å². The van der Waals surface area contributed by atoms with Crippen molar-refractivity contribution in [3.05, 3.63) is 0 Å². The van der Waals surface area contributed by atoms with E-state index in [1.807, 2.05) is 6.92 Å². The summed E-state index contributed by atoms with van der Waals surface area (Å²) in [6.07, 6.45) is -0.181. The van der Waals surface area contributed by atoms with Gasteiger partial charge in [0.15, 0.2) is 6.29 Å². The largest absolute Gasteiger partial charge is 0.394 e. The summed E-state index contributed by atoms with van der Waals surface area (Å²) < 4.78 is 10.2. The number of aliphatic hydroxyl groups is 2. The van der Waals surface area contributed by atoms with Crippen LogP contribution in [0.3, 0.4) is 0 Å². The van der Waals surface area contributed by atoms with Crippen molar-refractivity contribution in [1.82, 2.24) is 0 Å². The van der Waals surface area contributed by atoms with Crippen molar-refractivity contribution >= 4 is 0 Å². The van der Waals surface area contributed by atoms with Gasteiger partial charge in [-0.15, -0.1) is 0 Å². The van der Waals surface area contributed by atoms with Gasteiger partial charge < -0.3 is 19.7 Å². The Balaban J connectivity index is 3.24. The SMILES string of the molecule is CCCOC(C)OCC(O)CO. The van der Waals surface area contributed by atoms with Gasteiger partial charge in [0.2, 0.25) is 0 Å². The molecule has 0 aromatic heterocycles. The maximum Gasteiger partial charge on any atom is 0.154 e. The second-order valence-electron chi connectivity index (χ2n) is 2.61.